The lowest BCUT2D eigenvalue weighted by Gasteiger charge is -2.08. The molecule has 0 amide bonds. The number of hydrogen-bond acceptors (Lipinski definition) is 4. The van der Waals surface area contributed by atoms with E-state index >= 15 is 0 Å². The van der Waals surface area contributed by atoms with E-state index in [2.05, 4.69) is 21.0 Å². The molecule has 0 saturated heterocycles. The molecule has 0 aliphatic heterocycles. The van der Waals surface area contributed by atoms with Gasteiger partial charge in [0.2, 0.25) is 0 Å². The molecule has 1 saturated carbocycles. The van der Waals surface area contributed by atoms with Gasteiger partial charge in [-0.3, -0.25) is 4.68 Å². The van der Waals surface area contributed by atoms with E-state index in [1.807, 2.05) is 6.07 Å². The van der Waals surface area contributed by atoms with Gasteiger partial charge in [-0.25, -0.2) is 8.42 Å². The third-order valence-electron chi connectivity index (χ3n) is 3.72. The fraction of sp³-hybridized carbons (Fsp3) is 0.500. The first-order valence-electron chi connectivity index (χ1n) is 6.94. The Balaban J connectivity index is 2.08. The van der Waals surface area contributed by atoms with Crippen molar-refractivity contribution >= 4 is 36.7 Å². The summed E-state index contributed by atoms with van der Waals surface area (Å²) in [5.41, 5.74) is 0.760. The summed E-state index contributed by atoms with van der Waals surface area (Å²) in [7, 11) is -1.60. The maximum absolute atomic E-state index is 12.1. The van der Waals surface area contributed by atoms with Gasteiger partial charge in [-0.05, 0) is 40.8 Å². The van der Waals surface area contributed by atoms with Gasteiger partial charge in [0.1, 0.15) is 5.75 Å². The van der Waals surface area contributed by atoms with Crippen molar-refractivity contribution in [3.8, 4) is 5.75 Å². The lowest BCUT2D eigenvalue weighted by Crippen LogP contribution is -2.05. The van der Waals surface area contributed by atoms with E-state index < -0.39 is 9.84 Å². The zero-order valence-electron chi connectivity index (χ0n) is 12.0. The Morgan fingerprint density at radius 2 is 2.14 bits per heavy atom. The molecular weight excluding hydrogens is 356 g/mol. The lowest BCUT2D eigenvalue weighted by atomic mass is 10.2. The van der Waals surface area contributed by atoms with Gasteiger partial charge in [0.05, 0.1) is 22.3 Å². The van der Waals surface area contributed by atoms with Crippen LogP contribution in [0.25, 0.3) is 10.9 Å². The first-order chi connectivity index (χ1) is 9.92. The summed E-state index contributed by atoms with van der Waals surface area (Å²) in [6.45, 7) is 2.33. The summed E-state index contributed by atoms with van der Waals surface area (Å²) < 4.78 is 32.4. The molecule has 2 aromatic rings. The number of aryl methyl sites for hydroxylation is 1. The normalized spacial score (nSPS) is 15.6. The Kier molecular flexibility index (Phi) is 3.73. The quantitative estimate of drug-likeness (QED) is 0.809. The van der Waals surface area contributed by atoms with Gasteiger partial charge in [-0.1, -0.05) is 6.92 Å². The number of nitrogens with zero attached hydrogens (tertiary/aromatic N) is 2. The third-order valence-corrected chi connectivity index (χ3v) is 5.99. The molecular formula is C14H17BrN2O3S. The maximum atomic E-state index is 12.1. The Morgan fingerprint density at radius 3 is 2.76 bits per heavy atom. The van der Waals surface area contributed by atoms with E-state index in [1.54, 1.807) is 24.7 Å². The van der Waals surface area contributed by atoms with E-state index in [0.717, 1.165) is 15.7 Å². The van der Waals surface area contributed by atoms with E-state index in [4.69, 9.17) is 4.74 Å². The SMILES string of the molecule is CCS(=O)(=O)c1nn(C)c2cc(OCC3CC3)c(Br)cc12. The van der Waals surface area contributed by atoms with Gasteiger partial charge in [-0.2, -0.15) is 5.10 Å². The Bertz CT molecular complexity index is 794. The smallest absolute Gasteiger partial charge is 0.197 e. The number of halogens is 1. The molecule has 1 aliphatic carbocycles. The van der Waals surface area contributed by atoms with Gasteiger partial charge >= 0.3 is 0 Å². The average molecular weight is 373 g/mol. The van der Waals surface area contributed by atoms with Crippen molar-refractivity contribution in [3.05, 3.63) is 16.6 Å². The van der Waals surface area contributed by atoms with Crippen molar-refractivity contribution in [3.63, 3.8) is 0 Å². The van der Waals surface area contributed by atoms with Crippen LogP contribution < -0.4 is 4.74 Å². The Hall–Kier alpha value is -1.08. The molecule has 1 aliphatic rings. The van der Waals surface area contributed by atoms with Gasteiger partial charge < -0.3 is 4.74 Å². The second kappa shape index (κ2) is 5.28. The number of rotatable bonds is 5. The number of ether oxygens (including phenoxy) is 1. The molecule has 21 heavy (non-hydrogen) atoms. The monoisotopic (exact) mass is 372 g/mol. The van der Waals surface area contributed by atoms with Gasteiger partial charge in [-0.15, -0.1) is 0 Å². The van der Waals surface area contributed by atoms with Crippen molar-refractivity contribution < 1.29 is 13.2 Å². The molecule has 0 unspecified atom stereocenters. The highest BCUT2D eigenvalue weighted by Crippen LogP contribution is 2.35. The average Bonchev–Trinajstić information content (AvgIpc) is 3.21. The second-order valence-corrected chi connectivity index (χ2v) is 8.43. The predicted octanol–water partition coefficient (Wildman–Crippen LogP) is 2.92. The van der Waals surface area contributed by atoms with E-state index in [0.29, 0.717) is 17.9 Å². The summed E-state index contributed by atoms with van der Waals surface area (Å²) in [4.78, 5) is 0. The molecule has 5 nitrogen and oxygen atoms in total. The fourth-order valence-electron chi connectivity index (χ4n) is 2.19. The summed E-state index contributed by atoms with van der Waals surface area (Å²) >= 11 is 3.46. The van der Waals surface area contributed by atoms with Gasteiger partial charge in [0.15, 0.2) is 14.9 Å². The van der Waals surface area contributed by atoms with Crippen molar-refractivity contribution in [2.45, 2.75) is 24.8 Å². The van der Waals surface area contributed by atoms with Crippen LogP contribution in [0.2, 0.25) is 0 Å². The van der Waals surface area contributed by atoms with E-state index in [1.165, 1.54) is 12.8 Å². The molecule has 7 heteroatoms. The van der Waals surface area contributed by atoms with Gasteiger partial charge in [0, 0.05) is 18.5 Å². The summed E-state index contributed by atoms with van der Waals surface area (Å²) in [6.07, 6.45) is 2.45. The van der Waals surface area contributed by atoms with Crippen LogP contribution in [0.15, 0.2) is 21.6 Å². The van der Waals surface area contributed by atoms with Crippen molar-refractivity contribution in [1.82, 2.24) is 9.78 Å². The highest BCUT2D eigenvalue weighted by molar-refractivity contribution is 9.10. The zero-order valence-corrected chi connectivity index (χ0v) is 14.4. The highest BCUT2D eigenvalue weighted by atomic mass is 79.9. The third kappa shape index (κ3) is 2.81. The minimum absolute atomic E-state index is 0.0384. The predicted molar refractivity (Wildman–Crippen MR) is 84.4 cm³/mol. The molecule has 114 valence electrons. The van der Waals surface area contributed by atoms with Crippen LogP contribution in [-0.2, 0) is 16.9 Å². The van der Waals surface area contributed by atoms with Crippen LogP contribution in [0, 0.1) is 5.92 Å². The minimum Gasteiger partial charge on any atom is -0.492 e. The van der Waals surface area contributed by atoms with Crippen LogP contribution in [0.3, 0.4) is 0 Å². The summed E-state index contributed by atoms with van der Waals surface area (Å²) in [5, 5.41) is 4.94. The van der Waals surface area contributed by atoms with E-state index in [9.17, 15) is 8.42 Å². The van der Waals surface area contributed by atoms with E-state index in [-0.39, 0.29) is 10.8 Å². The molecule has 1 aromatic heterocycles. The standard InChI is InChI=1S/C14H17BrN2O3S/c1-3-21(18,19)14-10-6-11(15)13(20-8-9-4-5-9)7-12(10)17(2)16-14/h6-7,9H,3-5,8H2,1-2H3. The van der Waals surface area contributed by atoms with Crippen molar-refractivity contribution in [1.29, 1.82) is 0 Å². The number of hydrogen-bond donors (Lipinski definition) is 0. The molecule has 0 spiro atoms. The molecule has 1 fully saturated rings. The Morgan fingerprint density at radius 1 is 1.43 bits per heavy atom. The molecule has 0 bridgehead atoms. The minimum atomic E-state index is -3.34. The first-order valence-corrected chi connectivity index (χ1v) is 9.38. The second-order valence-electron chi connectivity index (χ2n) is 5.39. The topological polar surface area (TPSA) is 61.2 Å². The first kappa shape index (κ1) is 14.8. The molecule has 3 rings (SSSR count). The van der Waals surface area contributed by atoms with Crippen molar-refractivity contribution in [2.75, 3.05) is 12.4 Å². The lowest BCUT2D eigenvalue weighted by molar-refractivity contribution is 0.298. The van der Waals surface area contributed by atoms with Crippen LogP contribution >= 0.6 is 15.9 Å². The van der Waals surface area contributed by atoms with Crippen LogP contribution in [-0.4, -0.2) is 30.6 Å². The highest BCUT2D eigenvalue weighted by Gasteiger charge is 2.24. The maximum Gasteiger partial charge on any atom is 0.197 e. The van der Waals surface area contributed by atoms with Gasteiger partial charge in [0.25, 0.3) is 0 Å². The molecule has 0 radical (unpaired) electrons. The van der Waals surface area contributed by atoms with Crippen LogP contribution in [0.4, 0.5) is 0 Å². The van der Waals surface area contributed by atoms with Crippen molar-refractivity contribution in [2.24, 2.45) is 13.0 Å². The molecule has 0 N–H and O–H groups in total. The number of benzene rings is 1. The largest absolute Gasteiger partial charge is 0.492 e. The molecule has 1 aromatic carbocycles. The van der Waals surface area contributed by atoms with Crippen LogP contribution in [0.5, 0.6) is 5.75 Å². The number of aromatic nitrogens is 2. The summed E-state index contributed by atoms with van der Waals surface area (Å²) in [6, 6.07) is 3.64. The van der Waals surface area contributed by atoms with Crippen LogP contribution in [0.1, 0.15) is 19.8 Å². The molecule has 0 atom stereocenters. The number of sulfone groups is 1. The Labute approximate surface area is 132 Å². The summed E-state index contributed by atoms with van der Waals surface area (Å²) in [5.74, 6) is 1.43. The zero-order chi connectivity index (χ0) is 15.2. The molecule has 1 heterocycles. The fourth-order valence-corrected chi connectivity index (χ4v) is 3.67. The number of fused-ring (bicyclic) bond motifs is 1.